The van der Waals surface area contributed by atoms with Crippen LogP contribution in [0.3, 0.4) is 0 Å². The van der Waals surface area contributed by atoms with Crippen LogP contribution in [0.1, 0.15) is 22.1 Å². The van der Waals surface area contributed by atoms with E-state index in [2.05, 4.69) is 21.2 Å². The zero-order chi connectivity index (χ0) is 18.3. The van der Waals surface area contributed by atoms with Gasteiger partial charge in [-0.1, -0.05) is 45.7 Å². The maximum Gasteiger partial charge on any atom is 0.260 e. The van der Waals surface area contributed by atoms with E-state index in [9.17, 15) is 9.18 Å². The lowest BCUT2D eigenvalue weighted by atomic mass is 10.1. The number of nitrogens with one attached hydrogen (secondary N) is 1. The molecule has 3 nitrogen and oxygen atoms in total. The average molecular weight is 432 g/mol. The zero-order valence-corrected chi connectivity index (χ0v) is 15.8. The Balaban J connectivity index is 1.79. The zero-order valence-electron chi connectivity index (χ0n) is 13.4. The Bertz CT molecular complexity index is 993. The molecular formula is C20H13BrClFN2O. The van der Waals surface area contributed by atoms with Gasteiger partial charge in [0.25, 0.3) is 5.91 Å². The third-order valence-electron chi connectivity index (χ3n) is 4.29. The number of amides is 1. The van der Waals surface area contributed by atoms with E-state index in [0.717, 1.165) is 5.56 Å². The minimum Gasteiger partial charge on any atom is -0.359 e. The number of anilines is 2. The fraction of sp³-hybridized carbons (Fsp3) is 0.0500. The van der Waals surface area contributed by atoms with E-state index >= 15 is 0 Å². The van der Waals surface area contributed by atoms with E-state index in [4.69, 9.17) is 11.6 Å². The number of hydrogen-bond acceptors (Lipinski definition) is 2. The standard InChI is InChI=1S/C20H13BrClFN2O/c21-12-5-10-18(17(23)11-12)24-19-15-3-1-2-4-16(15)20(26)25(19)14-8-6-13(22)7-9-14/h1-11,19,24H/t19-/m0/s1. The van der Waals surface area contributed by atoms with Crippen LogP contribution in [0.15, 0.2) is 71.2 Å². The van der Waals surface area contributed by atoms with Crippen molar-refractivity contribution in [1.29, 1.82) is 0 Å². The van der Waals surface area contributed by atoms with Crippen LogP contribution < -0.4 is 10.2 Å². The summed E-state index contributed by atoms with van der Waals surface area (Å²) in [7, 11) is 0. The third-order valence-corrected chi connectivity index (χ3v) is 5.04. The van der Waals surface area contributed by atoms with Gasteiger partial charge in [0.05, 0.1) is 5.69 Å². The Morgan fingerprint density at radius 2 is 1.77 bits per heavy atom. The first-order valence-electron chi connectivity index (χ1n) is 7.94. The summed E-state index contributed by atoms with van der Waals surface area (Å²) < 4.78 is 15.0. The number of halogens is 3. The average Bonchev–Trinajstić information content (AvgIpc) is 2.91. The fourth-order valence-electron chi connectivity index (χ4n) is 3.08. The lowest BCUT2D eigenvalue weighted by Gasteiger charge is -2.27. The van der Waals surface area contributed by atoms with Gasteiger partial charge in [-0.3, -0.25) is 9.69 Å². The second-order valence-corrected chi connectivity index (χ2v) is 7.26. The predicted octanol–water partition coefficient (Wildman–Crippen LogP) is 6.01. The summed E-state index contributed by atoms with van der Waals surface area (Å²) in [6.07, 6.45) is -0.518. The number of carbonyl (C=O) groups is 1. The molecule has 0 spiro atoms. The molecule has 0 aromatic heterocycles. The number of rotatable bonds is 3. The van der Waals surface area contributed by atoms with Gasteiger partial charge in [-0.2, -0.15) is 0 Å². The SMILES string of the molecule is O=C1c2ccccc2[C@@H](Nc2ccc(Br)cc2F)N1c1ccc(Cl)cc1. The molecular weight excluding hydrogens is 419 g/mol. The van der Waals surface area contributed by atoms with Crippen LogP contribution in [0.25, 0.3) is 0 Å². The molecule has 1 aliphatic heterocycles. The summed E-state index contributed by atoms with van der Waals surface area (Å²) in [5.41, 5.74) is 2.40. The van der Waals surface area contributed by atoms with Gasteiger partial charge in [-0.05, 0) is 48.5 Å². The van der Waals surface area contributed by atoms with Gasteiger partial charge >= 0.3 is 0 Å². The van der Waals surface area contributed by atoms with Crippen molar-refractivity contribution >= 4 is 44.8 Å². The van der Waals surface area contributed by atoms with Crippen LogP contribution in [0, 0.1) is 5.82 Å². The highest BCUT2D eigenvalue weighted by atomic mass is 79.9. The highest BCUT2D eigenvalue weighted by Gasteiger charge is 2.37. The predicted molar refractivity (Wildman–Crippen MR) is 105 cm³/mol. The van der Waals surface area contributed by atoms with Crippen LogP contribution in [0.4, 0.5) is 15.8 Å². The van der Waals surface area contributed by atoms with Gasteiger partial charge < -0.3 is 5.32 Å². The van der Waals surface area contributed by atoms with Crippen molar-refractivity contribution in [3.8, 4) is 0 Å². The van der Waals surface area contributed by atoms with Gasteiger partial charge in [-0.15, -0.1) is 0 Å². The normalized spacial score (nSPS) is 15.9. The van der Waals surface area contributed by atoms with Crippen molar-refractivity contribution in [2.24, 2.45) is 0 Å². The van der Waals surface area contributed by atoms with Crippen LogP contribution in [0.5, 0.6) is 0 Å². The smallest absolute Gasteiger partial charge is 0.260 e. The summed E-state index contributed by atoms with van der Waals surface area (Å²) in [4.78, 5) is 14.6. The van der Waals surface area contributed by atoms with Gasteiger partial charge in [0.2, 0.25) is 0 Å². The first-order valence-corrected chi connectivity index (χ1v) is 9.11. The number of benzene rings is 3. The van der Waals surface area contributed by atoms with Crippen LogP contribution in [0.2, 0.25) is 5.02 Å². The molecule has 0 fully saturated rings. The first-order chi connectivity index (χ1) is 12.5. The molecule has 26 heavy (non-hydrogen) atoms. The van der Waals surface area contributed by atoms with Crippen LogP contribution in [-0.2, 0) is 0 Å². The minimum absolute atomic E-state index is 0.141. The largest absolute Gasteiger partial charge is 0.359 e. The first kappa shape index (κ1) is 17.1. The summed E-state index contributed by atoms with van der Waals surface area (Å²) in [5, 5.41) is 3.75. The van der Waals surface area contributed by atoms with Crippen molar-refractivity contribution in [2.45, 2.75) is 6.17 Å². The summed E-state index contributed by atoms with van der Waals surface area (Å²) in [5.74, 6) is -0.537. The Kier molecular flexibility index (Phi) is 4.42. The Hall–Kier alpha value is -2.37. The summed E-state index contributed by atoms with van der Waals surface area (Å²) in [6.45, 7) is 0. The van der Waals surface area contributed by atoms with E-state index in [1.54, 1.807) is 47.4 Å². The third kappa shape index (κ3) is 2.97. The van der Waals surface area contributed by atoms with Crippen molar-refractivity contribution in [2.75, 3.05) is 10.2 Å². The lowest BCUT2D eigenvalue weighted by molar-refractivity contribution is 0.0993. The molecule has 3 aromatic carbocycles. The molecule has 4 rings (SSSR count). The molecule has 0 bridgehead atoms. The molecule has 0 saturated carbocycles. The molecule has 3 aromatic rings. The quantitative estimate of drug-likeness (QED) is 0.550. The molecule has 1 amide bonds. The van der Waals surface area contributed by atoms with Crippen molar-refractivity contribution in [3.05, 3.63) is 93.2 Å². The Labute approximate surface area is 163 Å². The van der Waals surface area contributed by atoms with E-state index in [-0.39, 0.29) is 5.91 Å². The monoisotopic (exact) mass is 430 g/mol. The van der Waals surface area contributed by atoms with Gasteiger partial charge in [0.1, 0.15) is 12.0 Å². The second kappa shape index (κ2) is 6.74. The number of hydrogen-bond donors (Lipinski definition) is 1. The molecule has 1 heterocycles. The summed E-state index contributed by atoms with van der Waals surface area (Å²) in [6, 6.07) is 19.1. The topological polar surface area (TPSA) is 32.3 Å². The molecule has 6 heteroatoms. The molecule has 1 aliphatic rings. The van der Waals surface area contributed by atoms with E-state index in [1.807, 2.05) is 18.2 Å². The highest BCUT2D eigenvalue weighted by Crippen LogP contribution is 2.38. The van der Waals surface area contributed by atoms with Gasteiger partial charge in [-0.25, -0.2) is 4.39 Å². The Morgan fingerprint density at radius 1 is 1.04 bits per heavy atom. The number of fused-ring (bicyclic) bond motifs is 1. The fourth-order valence-corrected chi connectivity index (χ4v) is 3.54. The summed E-state index contributed by atoms with van der Waals surface area (Å²) >= 11 is 9.23. The molecule has 0 saturated heterocycles. The lowest BCUT2D eigenvalue weighted by Crippen LogP contribution is -2.32. The van der Waals surface area contributed by atoms with E-state index < -0.39 is 12.0 Å². The van der Waals surface area contributed by atoms with Crippen LogP contribution >= 0.6 is 27.5 Å². The maximum absolute atomic E-state index is 14.3. The van der Waals surface area contributed by atoms with Crippen molar-refractivity contribution in [3.63, 3.8) is 0 Å². The number of nitrogens with zero attached hydrogens (tertiary/aromatic N) is 1. The minimum atomic E-state index is -0.518. The molecule has 1 atom stereocenters. The van der Waals surface area contributed by atoms with Crippen molar-refractivity contribution < 1.29 is 9.18 Å². The van der Waals surface area contributed by atoms with E-state index in [0.29, 0.717) is 26.4 Å². The van der Waals surface area contributed by atoms with Crippen molar-refractivity contribution in [1.82, 2.24) is 0 Å². The molecule has 0 aliphatic carbocycles. The molecule has 1 N–H and O–H groups in total. The van der Waals surface area contributed by atoms with Gasteiger partial charge in [0.15, 0.2) is 0 Å². The Morgan fingerprint density at radius 3 is 2.50 bits per heavy atom. The maximum atomic E-state index is 14.3. The second-order valence-electron chi connectivity index (χ2n) is 5.91. The molecule has 0 unspecified atom stereocenters. The highest BCUT2D eigenvalue weighted by molar-refractivity contribution is 9.10. The van der Waals surface area contributed by atoms with Gasteiger partial charge in [0, 0.05) is 26.3 Å². The van der Waals surface area contributed by atoms with E-state index in [1.165, 1.54) is 6.07 Å². The molecule has 0 radical (unpaired) electrons. The number of carbonyl (C=O) groups excluding carboxylic acids is 1. The van der Waals surface area contributed by atoms with Crippen LogP contribution in [-0.4, -0.2) is 5.91 Å². The molecule has 130 valence electrons.